The number of carbonyl (C=O) groups excluding carboxylic acids is 1. The monoisotopic (exact) mass is 400 g/mol. The van der Waals surface area contributed by atoms with Gasteiger partial charge in [0.05, 0.1) is 4.90 Å². The molecule has 28 heavy (non-hydrogen) atoms. The third kappa shape index (κ3) is 4.55. The SMILES string of the molecule is Cc1cc(C)cc(NS(=O)(=O)c2cc(C(=O)N3CCC(C)CC3)ccc2C)c1. The Morgan fingerprint density at radius 3 is 2.21 bits per heavy atom. The molecule has 5 nitrogen and oxygen atoms in total. The molecule has 3 rings (SSSR count). The highest BCUT2D eigenvalue weighted by atomic mass is 32.2. The van der Waals surface area contributed by atoms with Crippen LogP contribution in [-0.2, 0) is 10.0 Å². The maximum absolute atomic E-state index is 13.0. The van der Waals surface area contributed by atoms with Crippen LogP contribution in [0.1, 0.15) is 46.8 Å². The zero-order valence-corrected chi connectivity index (χ0v) is 17.8. The molecular weight excluding hydrogens is 372 g/mol. The second-order valence-electron chi connectivity index (χ2n) is 7.94. The van der Waals surface area contributed by atoms with E-state index in [1.807, 2.05) is 24.8 Å². The number of carbonyl (C=O) groups is 1. The maximum atomic E-state index is 13.0. The molecule has 1 saturated heterocycles. The van der Waals surface area contributed by atoms with Crippen molar-refractivity contribution in [1.82, 2.24) is 4.90 Å². The first kappa shape index (κ1) is 20.4. The number of amides is 1. The number of likely N-dealkylation sites (tertiary alicyclic amines) is 1. The van der Waals surface area contributed by atoms with Gasteiger partial charge in [0.15, 0.2) is 0 Å². The summed E-state index contributed by atoms with van der Waals surface area (Å²) in [5, 5.41) is 0. The Morgan fingerprint density at radius 1 is 1.00 bits per heavy atom. The molecule has 0 aromatic heterocycles. The number of nitrogens with one attached hydrogen (secondary N) is 1. The van der Waals surface area contributed by atoms with Crippen LogP contribution >= 0.6 is 0 Å². The fourth-order valence-corrected chi connectivity index (χ4v) is 4.97. The van der Waals surface area contributed by atoms with Crippen LogP contribution < -0.4 is 4.72 Å². The number of hydrogen-bond acceptors (Lipinski definition) is 3. The van der Waals surface area contributed by atoms with Crippen molar-refractivity contribution >= 4 is 21.6 Å². The first-order valence-corrected chi connectivity index (χ1v) is 11.1. The summed E-state index contributed by atoms with van der Waals surface area (Å²) in [6.45, 7) is 9.22. The van der Waals surface area contributed by atoms with Gasteiger partial charge in [-0.05, 0) is 80.5 Å². The fraction of sp³-hybridized carbons (Fsp3) is 0.409. The summed E-state index contributed by atoms with van der Waals surface area (Å²) in [4.78, 5) is 14.8. The number of hydrogen-bond donors (Lipinski definition) is 1. The summed E-state index contributed by atoms with van der Waals surface area (Å²) < 4.78 is 28.7. The quantitative estimate of drug-likeness (QED) is 0.833. The lowest BCUT2D eigenvalue weighted by molar-refractivity contribution is 0.0697. The summed E-state index contributed by atoms with van der Waals surface area (Å²) in [7, 11) is -3.79. The second kappa shape index (κ2) is 7.95. The Morgan fingerprint density at radius 2 is 1.61 bits per heavy atom. The van der Waals surface area contributed by atoms with Crippen LogP contribution in [0.25, 0.3) is 0 Å². The molecule has 150 valence electrons. The molecule has 0 unspecified atom stereocenters. The highest BCUT2D eigenvalue weighted by Gasteiger charge is 2.24. The third-order valence-corrected chi connectivity index (χ3v) is 6.79. The van der Waals surface area contributed by atoms with Crippen molar-refractivity contribution < 1.29 is 13.2 Å². The molecule has 0 aliphatic carbocycles. The Hall–Kier alpha value is -2.34. The zero-order valence-electron chi connectivity index (χ0n) is 17.0. The molecule has 1 aliphatic rings. The van der Waals surface area contributed by atoms with Crippen LogP contribution in [0.4, 0.5) is 5.69 Å². The molecule has 0 radical (unpaired) electrons. The molecule has 1 aliphatic heterocycles. The van der Waals surface area contributed by atoms with Gasteiger partial charge in [-0.3, -0.25) is 9.52 Å². The topological polar surface area (TPSA) is 66.5 Å². The molecule has 6 heteroatoms. The summed E-state index contributed by atoms with van der Waals surface area (Å²) in [5.74, 6) is 0.523. The van der Waals surface area contributed by atoms with Gasteiger partial charge in [-0.1, -0.05) is 19.1 Å². The van der Waals surface area contributed by atoms with Gasteiger partial charge in [0.2, 0.25) is 0 Å². The lowest BCUT2D eigenvalue weighted by atomic mass is 9.98. The number of benzene rings is 2. The molecule has 2 aromatic rings. The maximum Gasteiger partial charge on any atom is 0.262 e. The highest BCUT2D eigenvalue weighted by molar-refractivity contribution is 7.92. The number of sulfonamides is 1. The predicted octanol–water partition coefficient (Wildman–Crippen LogP) is 4.28. The van der Waals surface area contributed by atoms with Gasteiger partial charge in [-0.2, -0.15) is 0 Å². The number of piperidine rings is 1. The zero-order chi connectivity index (χ0) is 20.5. The van der Waals surface area contributed by atoms with Gasteiger partial charge in [0, 0.05) is 24.3 Å². The number of rotatable bonds is 4. The molecule has 1 N–H and O–H groups in total. The third-order valence-electron chi connectivity index (χ3n) is 5.27. The van der Waals surface area contributed by atoms with Gasteiger partial charge in [-0.15, -0.1) is 0 Å². The summed E-state index contributed by atoms with van der Waals surface area (Å²) in [6, 6.07) is 10.5. The average molecular weight is 401 g/mol. The summed E-state index contributed by atoms with van der Waals surface area (Å²) in [5.41, 5.74) is 3.52. The summed E-state index contributed by atoms with van der Waals surface area (Å²) in [6.07, 6.45) is 1.97. The van der Waals surface area contributed by atoms with Crippen molar-refractivity contribution in [3.05, 3.63) is 58.7 Å². The number of aryl methyl sites for hydroxylation is 3. The molecule has 0 atom stereocenters. The number of nitrogens with zero attached hydrogens (tertiary/aromatic N) is 1. The molecule has 0 bridgehead atoms. The van der Waals surface area contributed by atoms with Crippen molar-refractivity contribution in [3.63, 3.8) is 0 Å². The van der Waals surface area contributed by atoms with Gasteiger partial charge >= 0.3 is 0 Å². The van der Waals surface area contributed by atoms with Crippen molar-refractivity contribution in [2.75, 3.05) is 17.8 Å². The van der Waals surface area contributed by atoms with Crippen LogP contribution in [0, 0.1) is 26.7 Å². The first-order valence-electron chi connectivity index (χ1n) is 9.67. The standard InChI is InChI=1S/C22H28N2O3S/c1-15-7-9-24(10-8-15)22(25)19-6-5-18(4)21(14-19)28(26,27)23-20-12-16(2)11-17(3)13-20/h5-6,11-15,23H,7-10H2,1-4H3. The smallest absolute Gasteiger partial charge is 0.262 e. The average Bonchev–Trinajstić information content (AvgIpc) is 2.60. The predicted molar refractivity (Wildman–Crippen MR) is 112 cm³/mol. The van der Waals surface area contributed by atoms with E-state index in [0.717, 1.165) is 37.1 Å². The molecule has 0 spiro atoms. The minimum Gasteiger partial charge on any atom is -0.339 e. The van der Waals surface area contributed by atoms with Crippen molar-refractivity contribution in [2.24, 2.45) is 5.92 Å². The second-order valence-corrected chi connectivity index (χ2v) is 9.59. The molecule has 2 aromatic carbocycles. The molecule has 1 amide bonds. The lowest BCUT2D eigenvalue weighted by Gasteiger charge is -2.30. The Labute approximate surface area is 167 Å². The van der Waals surface area contributed by atoms with Gasteiger partial charge in [-0.25, -0.2) is 8.42 Å². The van der Waals surface area contributed by atoms with Crippen molar-refractivity contribution in [1.29, 1.82) is 0 Å². The fourth-order valence-electron chi connectivity index (χ4n) is 3.66. The van der Waals surface area contributed by atoms with Gasteiger partial charge in [0.1, 0.15) is 0 Å². The van der Waals surface area contributed by atoms with E-state index in [0.29, 0.717) is 22.7 Å². The molecular formula is C22H28N2O3S. The van der Waals surface area contributed by atoms with Crippen LogP contribution in [-0.4, -0.2) is 32.3 Å². The lowest BCUT2D eigenvalue weighted by Crippen LogP contribution is -2.38. The van der Waals surface area contributed by atoms with E-state index in [1.54, 1.807) is 31.2 Å². The van der Waals surface area contributed by atoms with Crippen LogP contribution in [0.15, 0.2) is 41.3 Å². The summed E-state index contributed by atoms with van der Waals surface area (Å²) >= 11 is 0. The van der Waals surface area contributed by atoms with E-state index in [-0.39, 0.29) is 10.8 Å². The van der Waals surface area contributed by atoms with Gasteiger partial charge in [0.25, 0.3) is 15.9 Å². The highest BCUT2D eigenvalue weighted by Crippen LogP contribution is 2.24. The molecule has 0 saturated carbocycles. The van der Waals surface area contributed by atoms with E-state index in [2.05, 4.69) is 11.6 Å². The Balaban J connectivity index is 1.88. The molecule has 1 heterocycles. The van der Waals surface area contributed by atoms with Gasteiger partial charge < -0.3 is 4.90 Å². The van der Waals surface area contributed by atoms with E-state index < -0.39 is 10.0 Å². The van der Waals surface area contributed by atoms with Crippen LogP contribution in [0.2, 0.25) is 0 Å². The normalized spacial score (nSPS) is 15.5. The van der Waals surface area contributed by atoms with Crippen LogP contribution in [0.5, 0.6) is 0 Å². The van der Waals surface area contributed by atoms with E-state index in [4.69, 9.17) is 0 Å². The van der Waals surface area contributed by atoms with Crippen molar-refractivity contribution in [3.8, 4) is 0 Å². The minimum atomic E-state index is -3.79. The molecule has 1 fully saturated rings. The Bertz CT molecular complexity index is 971. The van der Waals surface area contributed by atoms with E-state index in [1.165, 1.54) is 6.07 Å². The van der Waals surface area contributed by atoms with E-state index >= 15 is 0 Å². The first-order chi connectivity index (χ1) is 13.2. The van der Waals surface area contributed by atoms with Crippen LogP contribution in [0.3, 0.4) is 0 Å². The Kier molecular flexibility index (Phi) is 5.79. The van der Waals surface area contributed by atoms with E-state index in [9.17, 15) is 13.2 Å². The largest absolute Gasteiger partial charge is 0.339 e. The van der Waals surface area contributed by atoms with Crippen molar-refractivity contribution in [2.45, 2.75) is 45.4 Å². The minimum absolute atomic E-state index is 0.102. The number of anilines is 1.